The molecule has 0 unspecified atom stereocenters. The molecule has 0 aliphatic carbocycles. The SMILES string of the molecule is CN(Cc1nccn1C)c1cccc(Br)n1. The van der Waals surface area contributed by atoms with E-state index in [1.54, 1.807) is 6.20 Å². The zero-order chi connectivity index (χ0) is 11.5. The molecular weight excluding hydrogens is 268 g/mol. The second kappa shape index (κ2) is 4.65. The molecule has 2 aromatic heterocycles. The number of hydrogen-bond acceptors (Lipinski definition) is 3. The van der Waals surface area contributed by atoms with Crippen LogP contribution in [-0.4, -0.2) is 21.6 Å². The van der Waals surface area contributed by atoms with Crippen molar-refractivity contribution in [1.82, 2.24) is 14.5 Å². The van der Waals surface area contributed by atoms with Gasteiger partial charge in [-0.1, -0.05) is 6.07 Å². The van der Waals surface area contributed by atoms with Crippen molar-refractivity contribution in [3.05, 3.63) is 41.0 Å². The fourth-order valence-electron chi connectivity index (χ4n) is 1.45. The Morgan fingerprint density at radius 1 is 1.44 bits per heavy atom. The normalized spacial score (nSPS) is 10.4. The maximum absolute atomic E-state index is 4.39. The van der Waals surface area contributed by atoms with Crippen LogP contribution in [0, 0.1) is 0 Å². The highest BCUT2D eigenvalue weighted by Gasteiger charge is 2.06. The van der Waals surface area contributed by atoms with Crippen LogP contribution in [0.15, 0.2) is 35.2 Å². The Hall–Kier alpha value is -1.36. The third-order valence-corrected chi connectivity index (χ3v) is 2.83. The summed E-state index contributed by atoms with van der Waals surface area (Å²) < 4.78 is 2.85. The summed E-state index contributed by atoms with van der Waals surface area (Å²) in [7, 11) is 3.99. The van der Waals surface area contributed by atoms with Crippen LogP contribution in [0.5, 0.6) is 0 Å². The van der Waals surface area contributed by atoms with E-state index in [1.165, 1.54) is 0 Å². The first kappa shape index (κ1) is 11.1. The third kappa shape index (κ3) is 2.41. The number of anilines is 1. The van der Waals surface area contributed by atoms with E-state index in [0.29, 0.717) is 0 Å². The largest absolute Gasteiger partial charge is 0.352 e. The number of nitrogens with zero attached hydrogens (tertiary/aromatic N) is 4. The third-order valence-electron chi connectivity index (χ3n) is 2.39. The van der Waals surface area contributed by atoms with Crippen molar-refractivity contribution in [3.63, 3.8) is 0 Å². The van der Waals surface area contributed by atoms with Gasteiger partial charge in [0.2, 0.25) is 0 Å². The van der Waals surface area contributed by atoms with Gasteiger partial charge < -0.3 is 9.47 Å². The highest BCUT2D eigenvalue weighted by Crippen LogP contribution is 2.15. The molecule has 0 spiro atoms. The second-order valence-electron chi connectivity index (χ2n) is 3.63. The van der Waals surface area contributed by atoms with Crippen LogP contribution in [0.2, 0.25) is 0 Å². The molecule has 5 heteroatoms. The fourth-order valence-corrected chi connectivity index (χ4v) is 1.79. The van der Waals surface area contributed by atoms with Crippen LogP contribution in [0.3, 0.4) is 0 Å². The van der Waals surface area contributed by atoms with Gasteiger partial charge in [0.15, 0.2) is 0 Å². The van der Waals surface area contributed by atoms with Gasteiger partial charge in [0.25, 0.3) is 0 Å². The fraction of sp³-hybridized carbons (Fsp3) is 0.273. The maximum Gasteiger partial charge on any atom is 0.129 e. The first-order chi connectivity index (χ1) is 7.66. The molecule has 0 bridgehead atoms. The second-order valence-corrected chi connectivity index (χ2v) is 4.44. The summed E-state index contributed by atoms with van der Waals surface area (Å²) >= 11 is 3.36. The van der Waals surface area contributed by atoms with Crippen molar-refractivity contribution in [3.8, 4) is 0 Å². The minimum atomic E-state index is 0.743. The minimum absolute atomic E-state index is 0.743. The molecule has 0 aliphatic heterocycles. The predicted octanol–water partition coefficient (Wildman–Crippen LogP) is 2.21. The molecule has 0 aromatic carbocycles. The Balaban J connectivity index is 2.14. The minimum Gasteiger partial charge on any atom is -0.352 e. The average molecular weight is 281 g/mol. The van der Waals surface area contributed by atoms with Crippen molar-refractivity contribution in [2.75, 3.05) is 11.9 Å². The van der Waals surface area contributed by atoms with Gasteiger partial charge in [0, 0.05) is 26.5 Å². The van der Waals surface area contributed by atoms with E-state index >= 15 is 0 Å². The van der Waals surface area contributed by atoms with Crippen molar-refractivity contribution < 1.29 is 0 Å². The number of rotatable bonds is 3. The lowest BCUT2D eigenvalue weighted by Crippen LogP contribution is -2.20. The molecule has 2 rings (SSSR count). The Kier molecular flexibility index (Phi) is 3.24. The lowest BCUT2D eigenvalue weighted by atomic mass is 10.4. The van der Waals surface area contributed by atoms with Gasteiger partial charge in [0.1, 0.15) is 16.2 Å². The smallest absolute Gasteiger partial charge is 0.129 e. The van der Waals surface area contributed by atoms with Crippen molar-refractivity contribution in [2.45, 2.75) is 6.54 Å². The lowest BCUT2D eigenvalue weighted by Gasteiger charge is -2.17. The molecule has 0 saturated heterocycles. The molecule has 0 radical (unpaired) electrons. The summed E-state index contributed by atoms with van der Waals surface area (Å²) in [5, 5.41) is 0. The van der Waals surface area contributed by atoms with E-state index in [4.69, 9.17) is 0 Å². The van der Waals surface area contributed by atoms with Crippen LogP contribution in [-0.2, 0) is 13.6 Å². The summed E-state index contributed by atoms with van der Waals surface area (Å²) in [6.45, 7) is 0.743. The van der Waals surface area contributed by atoms with E-state index in [0.717, 1.165) is 22.8 Å². The van der Waals surface area contributed by atoms with Gasteiger partial charge in [-0.05, 0) is 28.1 Å². The van der Waals surface area contributed by atoms with Crippen LogP contribution < -0.4 is 4.90 Å². The van der Waals surface area contributed by atoms with Crippen molar-refractivity contribution >= 4 is 21.7 Å². The number of aryl methyl sites for hydroxylation is 1. The quantitative estimate of drug-likeness (QED) is 0.809. The summed E-state index contributed by atoms with van der Waals surface area (Å²) in [5.74, 6) is 1.95. The Bertz CT molecular complexity index is 480. The number of imidazole rings is 1. The van der Waals surface area contributed by atoms with Crippen molar-refractivity contribution in [1.29, 1.82) is 0 Å². The van der Waals surface area contributed by atoms with E-state index in [2.05, 4.69) is 30.8 Å². The summed E-state index contributed by atoms with van der Waals surface area (Å²) in [6.07, 6.45) is 3.75. The molecule has 0 N–H and O–H groups in total. The molecule has 2 heterocycles. The Morgan fingerprint density at radius 2 is 2.25 bits per heavy atom. The van der Waals surface area contributed by atoms with Crippen LogP contribution in [0.25, 0.3) is 0 Å². The predicted molar refractivity (Wildman–Crippen MR) is 67.3 cm³/mol. The summed E-state index contributed by atoms with van der Waals surface area (Å²) in [5.41, 5.74) is 0. The van der Waals surface area contributed by atoms with Gasteiger partial charge in [-0.3, -0.25) is 0 Å². The van der Waals surface area contributed by atoms with Gasteiger partial charge >= 0.3 is 0 Å². The van der Waals surface area contributed by atoms with Crippen LogP contribution >= 0.6 is 15.9 Å². The monoisotopic (exact) mass is 280 g/mol. The van der Waals surface area contributed by atoms with Gasteiger partial charge in [-0.15, -0.1) is 0 Å². The molecule has 0 amide bonds. The molecular formula is C11H13BrN4. The molecule has 0 aliphatic rings. The topological polar surface area (TPSA) is 34.0 Å². The maximum atomic E-state index is 4.39. The van der Waals surface area contributed by atoms with E-state index in [-0.39, 0.29) is 0 Å². The number of aromatic nitrogens is 3. The highest BCUT2D eigenvalue weighted by molar-refractivity contribution is 9.10. The molecule has 0 atom stereocenters. The van der Waals surface area contributed by atoms with Gasteiger partial charge in [-0.25, -0.2) is 9.97 Å². The van der Waals surface area contributed by atoms with Crippen LogP contribution in [0.4, 0.5) is 5.82 Å². The molecule has 2 aromatic rings. The lowest BCUT2D eigenvalue weighted by molar-refractivity contribution is 0.755. The molecule has 16 heavy (non-hydrogen) atoms. The first-order valence-electron chi connectivity index (χ1n) is 4.96. The van der Waals surface area contributed by atoms with E-state index in [1.807, 2.05) is 43.1 Å². The van der Waals surface area contributed by atoms with Gasteiger partial charge in [-0.2, -0.15) is 0 Å². The van der Waals surface area contributed by atoms with Gasteiger partial charge in [0.05, 0.1) is 6.54 Å². The molecule has 4 nitrogen and oxygen atoms in total. The standard InChI is InChI=1S/C11H13BrN4/c1-15-7-6-13-11(15)8-16(2)10-5-3-4-9(12)14-10/h3-7H,8H2,1-2H3. The first-order valence-corrected chi connectivity index (χ1v) is 5.76. The van der Waals surface area contributed by atoms with Crippen molar-refractivity contribution in [2.24, 2.45) is 7.05 Å². The van der Waals surface area contributed by atoms with Crippen LogP contribution in [0.1, 0.15) is 5.82 Å². The summed E-state index contributed by atoms with van der Waals surface area (Å²) in [6, 6.07) is 5.87. The molecule has 0 fully saturated rings. The average Bonchev–Trinajstić information content (AvgIpc) is 2.64. The number of pyridine rings is 1. The highest BCUT2D eigenvalue weighted by atomic mass is 79.9. The summed E-state index contributed by atoms with van der Waals surface area (Å²) in [4.78, 5) is 10.7. The number of hydrogen-bond donors (Lipinski definition) is 0. The van der Waals surface area contributed by atoms with E-state index in [9.17, 15) is 0 Å². The van der Waals surface area contributed by atoms with E-state index < -0.39 is 0 Å². The zero-order valence-electron chi connectivity index (χ0n) is 9.26. The number of halogens is 1. The molecule has 0 saturated carbocycles. The Labute approximate surface area is 103 Å². The zero-order valence-corrected chi connectivity index (χ0v) is 10.8. The molecule has 84 valence electrons. The Morgan fingerprint density at radius 3 is 2.88 bits per heavy atom.